The van der Waals surface area contributed by atoms with E-state index in [1.165, 1.54) is 18.5 Å². The van der Waals surface area contributed by atoms with Gasteiger partial charge in [0.25, 0.3) is 5.91 Å². The summed E-state index contributed by atoms with van der Waals surface area (Å²) in [5.74, 6) is 1.18. The Balaban J connectivity index is 1.65. The Morgan fingerprint density at radius 2 is 2.00 bits per heavy atom. The molecule has 1 amide bonds. The minimum absolute atomic E-state index is 0.0611. The molecular weight excluding hydrogens is 338 g/mol. The maximum Gasteiger partial charge on any atom is 0.257 e. The van der Waals surface area contributed by atoms with Crippen LogP contribution < -0.4 is 4.90 Å². The van der Waals surface area contributed by atoms with E-state index in [4.69, 9.17) is 4.98 Å². The number of rotatable bonds is 4. The van der Waals surface area contributed by atoms with Gasteiger partial charge in [-0.1, -0.05) is 20.8 Å². The Kier molecular flexibility index (Phi) is 4.89. The molecule has 6 heteroatoms. The standard InChI is InChI=1S/C21H29N5O/c1-4-17-16(14-22-21(23-17)25-9-5-6-10-25)20(27)26-13-12-24-11-7-8-18(24)19(26)15(2)3/h7-8,11,14-15,19H,4-6,9-10,12-13H2,1-3H3/t19-/m0/s1. The number of carbonyl (C=O) groups excluding carboxylic acids is 1. The van der Waals surface area contributed by atoms with Crippen LogP contribution in [0.2, 0.25) is 0 Å². The summed E-state index contributed by atoms with van der Waals surface area (Å²) in [6, 6.07) is 4.30. The second kappa shape index (κ2) is 7.33. The summed E-state index contributed by atoms with van der Waals surface area (Å²) in [7, 11) is 0. The molecule has 1 atom stereocenters. The first-order chi connectivity index (χ1) is 13.1. The fraction of sp³-hybridized carbons (Fsp3) is 0.571. The van der Waals surface area contributed by atoms with Crippen LogP contribution in [0, 0.1) is 5.92 Å². The van der Waals surface area contributed by atoms with Crippen LogP contribution in [0.4, 0.5) is 5.95 Å². The number of fused-ring (bicyclic) bond motifs is 1. The molecule has 1 fully saturated rings. The van der Waals surface area contributed by atoms with Crippen molar-refractivity contribution in [1.82, 2.24) is 19.4 Å². The first-order valence-electron chi connectivity index (χ1n) is 10.2. The van der Waals surface area contributed by atoms with Crippen molar-refractivity contribution < 1.29 is 4.79 Å². The molecule has 4 heterocycles. The van der Waals surface area contributed by atoms with Gasteiger partial charge in [0.05, 0.1) is 17.3 Å². The lowest BCUT2D eigenvalue weighted by molar-refractivity contribution is 0.0554. The number of carbonyl (C=O) groups is 1. The van der Waals surface area contributed by atoms with Crippen molar-refractivity contribution >= 4 is 11.9 Å². The lowest BCUT2D eigenvalue weighted by Gasteiger charge is -2.39. The Labute approximate surface area is 161 Å². The molecule has 0 radical (unpaired) electrons. The highest BCUT2D eigenvalue weighted by molar-refractivity contribution is 5.95. The average Bonchev–Trinajstić information content (AvgIpc) is 3.37. The van der Waals surface area contributed by atoms with Gasteiger partial charge >= 0.3 is 0 Å². The van der Waals surface area contributed by atoms with E-state index in [0.717, 1.165) is 44.2 Å². The summed E-state index contributed by atoms with van der Waals surface area (Å²) in [6.45, 7) is 10.0. The molecule has 0 unspecified atom stereocenters. The van der Waals surface area contributed by atoms with Gasteiger partial charge in [-0.15, -0.1) is 0 Å². The molecule has 6 nitrogen and oxygen atoms in total. The highest BCUT2D eigenvalue weighted by Crippen LogP contribution is 2.33. The van der Waals surface area contributed by atoms with Crippen LogP contribution in [0.15, 0.2) is 24.5 Å². The average molecular weight is 367 g/mol. The zero-order chi connectivity index (χ0) is 19.0. The molecule has 2 aromatic heterocycles. The Morgan fingerprint density at radius 3 is 2.70 bits per heavy atom. The highest BCUT2D eigenvalue weighted by atomic mass is 16.2. The zero-order valence-corrected chi connectivity index (χ0v) is 16.6. The molecule has 144 valence electrons. The molecule has 0 saturated carbocycles. The number of aryl methyl sites for hydroxylation is 1. The smallest absolute Gasteiger partial charge is 0.257 e. The summed E-state index contributed by atoms with van der Waals surface area (Å²) in [4.78, 5) is 27.0. The van der Waals surface area contributed by atoms with Crippen LogP contribution in [0.1, 0.15) is 61.4 Å². The maximum atomic E-state index is 13.5. The van der Waals surface area contributed by atoms with Gasteiger partial charge in [0, 0.05) is 44.3 Å². The SMILES string of the molecule is CCc1nc(N2CCCC2)ncc1C(=O)N1CCn2cccc2[C@@H]1C(C)C. The molecule has 0 aliphatic carbocycles. The summed E-state index contributed by atoms with van der Waals surface area (Å²) in [5.41, 5.74) is 2.74. The molecule has 1 saturated heterocycles. The number of aromatic nitrogens is 3. The van der Waals surface area contributed by atoms with Crippen LogP contribution in [0.25, 0.3) is 0 Å². The number of amides is 1. The molecule has 4 rings (SSSR count). The van der Waals surface area contributed by atoms with Crippen LogP contribution in [-0.4, -0.2) is 45.0 Å². The number of nitrogens with zero attached hydrogens (tertiary/aromatic N) is 5. The van der Waals surface area contributed by atoms with E-state index in [-0.39, 0.29) is 11.9 Å². The first-order valence-corrected chi connectivity index (χ1v) is 10.2. The molecule has 0 N–H and O–H groups in total. The Hall–Kier alpha value is -2.37. The number of hydrogen-bond donors (Lipinski definition) is 0. The van der Waals surface area contributed by atoms with Crippen molar-refractivity contribution in [3.8, 4) is 0 Å². The van der Waals surface area contributed by atoms with Crippen LogP contribution >= 0.6 is 0 Å². The van der Waals surface area contributed by atoms with Gasteiger partial charge in [-0.05, 0) is 37.3 Å². The topological polar surface area (TPSA) is 54.3 Å². The molecular formula is C21H29N5O. The fourth-order valence-corrected chi connectivity index (χ4v) is 4.42. The summed E-state index contributed by atoms with van der Waals surface area (Å²) >= 11 is 0. The summed E-state index contributed by atoms with van der Waals surface area (Å²) < 4.78 is 2.27. The van der Waals surface area contributed by atoms with E-state index < -0.39 is 0 Å². The van der Waals surface area contributed by atoms with Crippen molar-refractivity contribution in [1.29, 1.82) is 0 Å². The lowest BCUT2D eigenvalue weighted by atomic mass is 9.96. The van der Waals surface area contributed by atoms with Gasteiger partial charge in [-0.25, -0.2) is 9.97 Å². The molecule has 0 aromatic carbocycles. The first kappa shape index (κ1) is 18.0. The second-order valence-electron chi connectivity index (χ2n) is 7.89. The summed E-state index contributed by atoms with van der Waals surface area (Å²) in [5, 5.41) is 0. The third kappa shape index (κ3) is 3.22. The van der Waals surface area contributed by atoms with Gasteiger partial charge in [0.15, 0.2) is 0 Å². The van der Waals surface area contributed by atoms with E-state index in [1.807, 2.05) is 4.90 Å². The minimum atomic E-state index is 0.0611. The summed E-state index contributed by atoms with van der Waals surface area (Å²) in [6.07, 6.45) is 6.98. The number of hydrogen-bond acceptors (Lipinski definition) is 4. The van der Waals surface area contributed by atoms with E-state index in [9.17, 15) is 4.79 Å². The minimum Gasteiger partial charge on any atom is -0.348 e. The Bertz CT molecular complexity index is 822. The van der Waals surface area contributed by atoms with Crippen LogP contribution in [-0.2, 0) is 13.0 Å². The normalized spacial score (nSPS) is 19.6. The predicted octanol–water partition coefficient (Wildman–Crippen LogP) is 3.29. The molecule has 0 spiro atoms. The zero-order valence-electron chi connectivity index (χ0n) is 16.6. The molecule has 0 bridgehead atoms. The number of anilines is 1. The third-order valence-corrected chi connectivity index (χ3v) is 5.79. The van der Waals surface area contributed by atoms with Crippen molar-refractivity contribution in [3.63, 3.8) is 0 Å². The van der Waals surface area contributed by atoms with Gasteiger partial charge in [-0.3, -0.25) is 4.79 Å². The third-order valence-electron chi connectivity index (χ3n) is 5.79. The molecule has 2 aliphatic rings. The monoisotopic (exact) mass is 367 g/mol. The largest absolute Gasteiger partial charge is 0.348 e. The molecule has 27 heavy (non-hydrogen) atoms. The van der Waals surface area contributed by atoms with Gasteiger partial charge in [-0.2, -0.15) is 0 Å². The van der Waals surface area contributed by atoms with Crippen molar-refractivity contribution in [2.24, 2.45) is 5.92 Å². The van der Waals surface area contributed by atoms with Crippen molar-refractivity contribution in [3.05, 3.63) is 41.5 Å². The van der Waals surface area contributed by atoms with Gasteiger partial charge < -0.3 is 14.4 Å². The highest BCUT2D eigenvalue weighted by Gasteiger charge is 2.34. The fourth-order valence-electron chi connectivity index (χ4n) is 4.42. The molecule has 2 aromatic rings. The van der Waals surface area contributed by atoms with E-state index in [2.05, 4.69) is 53.6 Å². The molecule has 2 aliphatic heterocycles. The van der Waals surface area contributed by atoms with E-state index >= 15 is 0 Å². The quantitative estimate of drug-likeness (QED) is 0.832. The van der Waals surface area contributed by atoms with Crippen LogP contribution in [0.3, 0.4) is 0 Å². The van der Waals surface area contributed by atoms with E-state index in [0.29, 0.717) is 11.5 Å². The van der Waals surface area contributed by atoms with Crippen molar-refractivity contribution in [2.75, 3.05) is 24.5 Å². The van der Waals surface area contributed by atoms with Gasteiger partial charge in [0.1, 0.15) is 0 Å². The second-order valence-corrected chi connectivity index (χ2v) is 7.89. The van der Waals surface area contributed by atoms with Crippen LogP contribution in [0.5, 0.6) is 0 Å². The maximum absolute atomic E-state index is 13.5. The lowest BCUT2D eigenvalue weighted by Crippen LogP contribution is -2.44. The predicted molar refractivity (Wildman–Crippen MR) is 106 cm³/mol. The van der Waals surface area contributed by atoms with E-state index in [1.54, 1.807) is 6.20 Å². The van der Waals surface area contributed by atoms with Crippen molar-refractivity contribution in [2.45, 2.75) is 52.6 Å². The van der Waals surface area contributed by atoms with Gasteiger partial charge in [0.2, 0.25) is 5.95 Å². The Morgan fingerprint density at radius 1 is 1.22 bits per heavy atom.